The zero-order valence-corrected chi connectivity index (χ0v) is 16.7. The van der Waals surface area contributed by atoms with Crippen molar-refractivity contribution in [3.63, 3.8) is 0 Å². The molecule has 0 aliphatic carbocycles. The van der Waals surface area contributed by atoms with Crippen molar-refractivity contribution in [2.45, 2.75) is 35.4 Å². The van der Waals surface area contributed by atoms with Crippen LogP contribution in [0, 0.1) is 0 Å². The first-order chi connectivity index (χ1) is 11.8. The predicted octanol–water partition coefficient (Wildman–Crippen LogP) is 6.83. The van der Waals surface area contributed by atoms with Gasteiger partial charge in [0.1, 0.15) is 0 Å². The maximum absolute atomic E-state index is 4.82. The number of thiazole rings is 2. The maximum Gasteiger partial charge on any atom is 0.162 e. The van der Waals surface area contributed by atoms with Gasteiger partial charge in [-0.25, -0.2) is 9.97 Å². The van der Waals surface area contributed by atoms with Gasteiger partial charge in [-0.1, -0.05) is 38.1 Å². The summed E-state index contributed by atoms with van der Waals surface area (Å²) in [5.74, 6) is 0. The van der Waals surface area contributed by atoms with Gasteiger partial charge in [0.15, 0.2) is 8.68 Å². The molecular formula is C18H16N2S4. The van der Waals surface area contributed by atoms with Crippen LogP contribution in [0.2, 0.25) is 0 Å². The Hall–Kier alpha value is -1.08. The van der Waals surface area contributed by atoms with Crippen molar-refractivity contribution < 1.29 is 0 Å². The summed E-state index contributed by atoms with van der Waals surface area (Å²) >= 11 is 3.54. The number of para-hydroxylation sites is 2. The Morgan fingerprint density at radius 3 is 1.62 bits per heavy atom. The second kappa shape index (κ2) is 7.04. The molecule has 2 aromatic heterocycles. The van der Waals surface area contributed by atoms with Crippen LogP contribution >= 0.6 is 44.3 Å². The minimum absolute atomic E-state index is 1.02. The zero-order chi connectivity index (χ0) is 16.5. The normalized spacial score (nSPS) is 11.6. The highest BCUT2D eigenvalue weighted by atomic mass is 33.1. The van der Waals surface area contributed by atoms with Crippen LogP contribution in [0.25, 0.3) is 20.4 Å². The molecule has 0 aliphatic heterocycles. The van der Waals surface area contributed by atoms with Crippen LogP contribution in [0.1, 0.15) is 25.0 Å². The van der Waals surface area contributed by atoms with E-state index in [1.165, 1.54) is 20.5 Å². The summed E-state index contributed by atoms with van der Waals surface area (Å²) < 4.78 is 4.75. The molecule has 2 nitrogen and oxygen atoms in total. The van der Waals surface area contributed by atoms with E-state index in [4.69, 9.17) is 9.97 Å². The van der Waals surface area contributed by atoms with Gasteiger partial charge in [-0.2, -0.15) is 0 Å². The number of hydrogen-bond donors (Lipinski definition) is 0. The molecule has 0 aliphatic rings. The molecule has 24 heavy (non-hydrogen) atoms. The summed E-state index contributed by atoms with van der Waals surface area (Å²) in [4.78, 5) is 9.65. The second-order valence-electron chi connectivity index (χ2n) is 5.36. The fourth-order valence-corrected chi connectivity index (χ4v) is 7.26. The molecule has 4 rings (SSSR count). The average molecular weight is 389 g/mol. The second-order valence-corrected chi connectivity index (χ2v) is 10.0. The fourth-order valence-electron chi connectivity index (χ4n) is 2.68. The van der Waals surface area contributed by atoms with Gasteiger partial charge in [0.25, 0.3) is 0 Å². The van der Waals surface area contributed by atoms with E-state index in [2.05, 4.69) is 50.2 Å². The highest BCUT2D eigenvalue weighted by Crippen LogP contribution is 2.44. The van der Waals surface area contributed by atoms with Crippen LogP contribution in [0.4, 0.5) is 0 Å². The van der Waals surface area contributed by atoms with Crippen molar-refractivity contribution in [1.29, 1.82) is 0 Å². The molecule has 122 valence electrons. The smallest absolute Gasteiger partial charge is 0.162 e. The van der Waals surface area contributed by atoms with Crippen LogP contribution in [0.3, 0.4) is 0 Å². The number of aromatic nitrogens is 2. The largest absolute Gasteiger partial charge is 0.228 e. The number of hydrogen-bond acceptors (Lipinski definition) is 6. The van der Waals surface area contributed by atoms with Crippen LogP contribution < -0.4 is 0 Å². The van der Waals surface area contributed by atoms with Crippen molar-refractivity contribution in [3.8, 4) is 0 Å². The van der Waals surface area contributed by atoms with Crippen LogP contribution in [0.5, 0.6) is 0 Å². The molecule has 0 bridgehead atoms. The van der Waals surface area contributed by atoms with E-state index >= 15 is 0 Å². The third kappa shape index (κ3) is 3.08. The Kier molecular flexibility index (Phi) is 4.81. The van der Waals surface area contributed by atoms with E-state index in [9.17, 15) is 0 Å². The zero-order valence-electron chi connectivity index (χ0n) is 13.4. The number of nitrogens with zero attached hydrogens (tertiary/aromatic N) is 2. The maximum atomic E-state index is 4.82. The van der Waals surface area contributed by atoms with Gasteiger partial charge < -0.3 is 0 Å². The quantitative estimate of drug-likeness (QED) is 0.350. The molecule has 0 N–H and O–H groups in total. The summed E-state index contributed by atoms with van der Waals surface area (Å²) in [7, 11) is 3.44. The molecular weight excluding hydrogens is 372 g/mol. The summed E-state index contributed by atoms with van der Waals surface area (Å²) in [6.07, 6.45) is 2.05. The molecule has 0 fully saturated rings. The molecule has 0 atom stereocenters. The Morgan fingerprint density at radius 2 is 1.21 bits per heavy atom. The number of aryl methyl sites for hydroxylation is 2. The predicted molar refractivity (Wildman–Crippen MR) is 110 cm³/mol. The van der Waals surface area contributed by atoms with E-state index in [-0.39, 0.29) is 0 Å². The highest BCUT2D eigenvalue weighted by molar-refractivity contribution is 8.77. The van der Waals surface area contributed by atoms with Crippen molar-refractivity contribution in [2.75, 3.05) is 0 Å². The molecule has 0 unspecified atom stereocenters. The highest BCUT2D eigenvalue weighted by Gasteiger charge is 2.11. The Labute approximate surface area is 157 Å². The van der Waals surface area contributed by atoms with Gasteiger partial charge in [0, 0.05) is 0 Å². The third-order valence-corrected chi connectivity index (χ3v) is 8.92. The Balaban J connectivity index is 1.59. The van der Waals surface area contributed by atoms with Crippen molar-refractivity contribution in [1.82, 2.24) is 9.97 Å². The first-order valence-electron chi connectivity index (χ1n) is 7.90. The molecule has 0 spiro atoms. The van der Waals surface area contributed by atoms with Crippen LogP contribution in [-0.2, 0) is 12.8 Å². The SMILES string of the molecule is CCc1cccc2sc(SSc3nc4c(CC)cccc4s3)nc12. The van der Waals surface area contributed by atoms with E-state index in [0.29, 0.717) is 0 Å². The van der Waals surface area contributed by atoms with Crippen molar-refractivity contribution in [2.24, 2.45) is 0 Å². The molecule has 0 saturated carbocycles. The summed E-state index contributed by atoms with van der Waals surface area (Å²) in [6.45, 7) is 4.37. The van der Waals surface area contributed by atoms with E-state index in [1.807, 2.05) is 0 Å². The number of fused-ring (bicyclic) bond motifs is 2. The number of rotatable bonds is 5. The lowest BCUT2D eigenvalue weighted by Crippen LogP contribution is -1.81. The summed E-state index contributed by atoms with van der Waals surface area (Å²) in [5, 5.41) is 0. The lowest BCUT2D eigenvalue weighted by Gasteiger charge is -1.95. The topological polar surface area (TPSA) is 25.8 Å². The standard InChI is InChI=1S/C18H16N2S4/c1-3-11-7-5-9-13-15(11)19-17(21-13)23-24-18-20-16-12(4-2)8-6-10-14(16)22-18/h5-10H,3-4H2,1-2H3. The molecule has 6 heteroatoms. The molecule has 0 saturated heterocycles. The summed E-state index contributed by atoms with van der Waals surface area (Å²) in [6, 6.07) is 12.9. The molecule has 0 radical (unpaired) electrons. The summed E-state index contributed by atoms with van der Waals surface area (Å²) in [5.41, 5.74) is 4.97. The Morgan fingerprint density at radius 1 is 0.750 bits per heavy atom. The van der Waals surface area contributed by atoms with Gasteiger partial charge in [-0.05, 0) is 57.7 Å². The minimum atomic E-state index is 1.02. The number of benzene rings is 2. The van der Waals surface area contributed by atoms with E-state index in [1.54, 1.807) is 44.3 Å². The fraction of sp³-hybridized carbons (Fsp3) is 0.222. The third-order valence-electron chi connectivity index (χ3n) is 3.91. The van der Waals surface area contributed by atoms with Crippen molar-refractivity contribution in [3.05, 3.63) is 47.5 Å². The Bertz CT molecular complexity index is 921. The van der Waals surface area contributed by atoms with Gasteiger partial charge in [0.05, 0.1) is 20.4 Å². The van der Waals surface area contributed by atoms with Gasteiger partial charge in [-0.3, -0.25) is 0 Å². The van der Waals surface area contributed by atoms with E-state index < -0.39 is 0 Å². The van der Waals surface area contributed by atoms with Gasteiger partial charge in [-0.15, -0.1) is 22.7 Å². The van der Waals surface area contributed by atoms with Gasteiger partial charge in [0.2, 0.25) is 0 Å². The first-order valence-corrected chi connectivity index (χ1v) is 11.7. The first kappa shape index (κ1) is 16.4. The lowest BCUT2D eigenvalue weighted by molar-refractivity contribution is 1.14. The average Bonchev–Trinajstić information content (AvgIpc) is 3.22. The molecule has 2 heterocycles. The monoisotopic (exact) mass is 388 g/mol. The minimum Gasteiger partial charge on any atom is -0.228 e. The lowest BCUT2D eigenvalue weighted by atomic mass is 10.1. The van der Waals surface area contributed by atoms with Crippen LogP contribution in [0.15, 0.2) is 45.1 Å². The van der Waals surface area contributed by atoms with Crippen molar-refractivity contribution >= 4 is 64.7 Å². The van der Waals surface area contributed by atoms with Crippen LogP contribution in [-0.4, -0.2) is 9.97 Å². The van der Waals surface area contributed by atoms with E-state index in [0.717, 1.165) is 32.6 Å². The molecule has 4 aromatic rings. The molecule has 0 amide bonds. The molecule has 2 aromatic carbocycles. The van der Waals surface area contributed by atoms with Gasteiger partial charge >= 0.3 is 0 Å².